The Balaban J connectivity index is 0.00000112. The number of carboxylic acid groups (broad SMARTS) is 1. The third-order valence-electron chi connectivity index (χ3n) is 6.46. The zero-order chi connectivity index (χ0) is 28.2. The molecule has 0 aliphatic carbocycles. The van der Waals surface area contributed by atoms with E-state index in [1.54, 1.807) is 23.6 Å². The Bertz CT molecular complexity index is 1430. The van der Waals surface area contributed by atoms with Gasteiger partial charge in [-0.3, -0.25) is 14.1 Å². The van der Waals surface area contributed by atoms with Crippen LogP contribution in [0.3, 0.4) is 0 Å². The van der Waals surface area contributed by atoms with Gasteiger partial charge in [0.05, 0.1) is 6.10 Å². The number of ether oxygens (including phenoxy) is 2. The topological polar surface area (TPSA) is 128 Å². The number of rotatable bonds is 7. The fourth-order valence-corrected chi connectivity index (χ4v) is 4.54. The van der Waals surface area contributed by atoms with Crippen molar-refractivity contribution in [3.8, 4) is 17.3 Å². The van der Waals surface area contributed by atoms with E-state index in [0.29, 0.717) is 41.5 Å². The lowest BCUT2D eigenvalue weighted by molar-refractivity contribution is -0.183. The van der Waals surface area contributed by atoms with Crippen LogP contribution < -0.4 is 10.5 Å². The smallest absolute Gasteiger partial charge is 0.408 e. The van der Waals surface area contributed by atoms with Crippen LogP contribution in [0.25, 0.3) is 28.1 Å². The lowest BCUT2D eigenvalue weighted by Crippen LogP contribution is -2.38. The summed E-state index contributed by atoms with van der Waals surface area (Å²) in [7, 11) is 1.61. The standard InChI is InChI=1S/C25H27F3N6O2.CH2O2/c1-15(35-2)14-36-20-5-3-4-16-6-8-19(30-22(16)20)24-32-31-21-9-7-17(12-34(21)24)23(25(26,27)28)33-11-10-18(29)13-33;2-1-3/h3-9,12,15,18,23H,10-11,13-14,29H2,1-2H3;1H,(H,2,3)/t15?,18?,23-;/m1./s1. The summed E-state index contributed by atoms with van der Waals surface area (Å²) in [5.74, 6) is 0.920. The zero-order valence-electron chi connectivity index (χ0n) is 21.4. The van der Waals surface area contributed by atoms with E-state index in [-0.39, 0.29) is 37.3 Å². The first-order chi connectivity index (χ1) is 18.7. The minimum absolute atomic E-state index is 0.100. The number of aromatic nitrogens is 4. The number of para-hydroxylation sites is 1. The second kappa shape index (κ2) is 11.9. The molecule has 5 rings (SSSR count). The van der Waals surface area contributed by atoms with Crippen molar-refractivity contribution in [1.82, 2.24) is 24.5 Å². The Kier molecular flexibility index (Phi) is 8.63. The molecule has 39 heavy (non-hydrogen) atoms. The number of carbonyl (C=O) groups is 1. The van der Waals surface area contributed by atoms with Crippen LogP contribution in [-0.4, -0.2) is 81.2 Å². The number of fused-ring (bicyclic) bond motifs is 2. The largest absolute Gasteiger partial charge is 0.489 e. The van der Waals surface area contributed by atoms with Crippen molar-refractivity contribution in [1.29, 1.82) is 0 Å². The SMILES string of the molecule is COC(C)COc1cccc2ccc(-c3nnc4ccc([C@@H](N5CCC(N)C5)C(F)(F)F)cn34)nc12.O=CO. The number of pyridine rings is 2. The second-order valence-electron chi connectivity index (χ2n) is 9.19. The van der Waals surface area contributed by atoms with Gasteiger partial charge >= 0.3 is 6.18 Å². The van der Waals surface area contributed by atoms with Crippen molar-refractivity contribution in [3.05, 3.63) is 54.2 Å². The summed E-state index contributed by atoms with van der Waals surface area (Å²) >= 11 is 0. The molecule has 1 aliphatic rings. The molecule has 0 saturated carbocycles. The first-order valence-corrected chi connectivity index (χ1v) is 12.2. The van der Waals surface area contributed by atoms with Crippen molar-refractivity contribution >= 4 is 23.0 Å². The lowest BCUT2D eigenvalue weighted by atomic mass is 10.1. The molecular formula is C26H29F3N6O4. The van der Waals surface area contributed by atoms with Gasteiger partial charge in [-0.2, -0.15) is 13.2 Å². The van der Waals surface area contributed by atoms with Crippen LogP contribution in [0.15, 0.2) is 48.7 Å². The molecule has 0 spiro atoms. The lowest BCUT2D eigenvalue weighted by Gasteiger charge is -2.30. The molecule has 1 fully saturated rings. The first-order valence-electron chi connectivity index (χ1n) is 12.2. The van der Waals surface area contributed by atoms with E-state index in [1.807, 2.05) is 31.2 Å². The van der Waals surface area contributed by atoms with E-state index in [2.05, 4.69) is 10.2 Å². The van der Waals surface area contributed by atoms with Crippen LogP contribution in [0.4, 0.5) is 13.2 Å². The van der Waals surface area contributed by atoms with E-state index >= 15 is 0 Å². The van der Waals surface area contributed by atoms with Crippen LogP contribution in [0.1, 0.15) is 24.9 Å². The minimum atomic E-state index is -4.46. The summed E-state index contributed by atoms with van der Waals surface area (Å²) in [6, 6.07) is 10.2. The highest BCUT2D eigenvalue weighted by Gasteiger charge is 2.46. The van der Waals surface area contributed by atoms with Crippen molar-refractivity contribution in [2.24, 2.45) is 5.73 Å². The average molecular weight is 547 g/mol. The Morgan fingerprint density at radius 2 is 1.97 bits per heavy atom. The fourth-order valence-electron chi connectivity index (χ4n) is 4.54. The van der Waals surface area contributed by atoms with Crippen LogP contribution in [0.2, 0.25) is 0 Å². The van der Waals surface area contributed by atoms with Gasteiger partial charge in [0.15, 0.2) is 11.5 Å². The number of hydrogen-bond donors (Lipinski definition) is 2. The molecule has 10 nitrogen and oxygen atoms in total. The van der Waals surface area contributed by atoms with E-state index in [1.165, 1.54) is 17.2 Å². The van der Waals surface area contributed by atoms with Gasteiger partial charge in [0, 0.05) is 37.8 Å². The summed E-state index contributed by atoms with van der Waals surface area (Å²) in [4.78, 5) is 14.5. The average Bonchev–Trinajstić information content (AvgIpc) is 3.52. The number of nitrogens with two attached hydrogens (primary N) is 1. The molecule has 1 aliphatic heterocycles. The zero-order valence-corrected chi connectivity index (χ0v) is 21.4. The predicted octanol–water partition coefficient (Wildman–Crippen LogP) is 3.70. The maximum absolute atomic E-state index is 14.1. The number of nitrogens with zero attached hydrogens (tertiary/aromatic N) is 5. The Hall–Kier alpha value is -3.81. The molecule has 0 radical (unpaired) electrons. The predicted molar refractivity (Wildman–Crippen MR) is 137 cm³/mol. The molecule has 208 valence electrons. The van der Waals surface area contributed by atoms with Crippen molar-refractivity contribution in [2.45, 2.75) is 37.7 Å². The molecule has 3 N–H and O–H groups in total. The number of alkyl halides is 3. The van der Waals surface area contributed by atoms with Gasteiger partial charge in [0.2, 0.25) is 0 Å². The molecule has 1 aromatic carbocycles. The Morgan fingerprint density at radius 3 is 2.64 bits per heavy atom. The second-order valence-corrected chi connectivity index (χ2v) is 9.19. The van der Waals surface area contributed by atoms with E-state index in [0.717, 1.165) is 5.39 Å². The molecule has 13 heteroatoms. The quantitative estimate of drug-likeness (QED) is 0.334. The third kappa shape index (κ3) is 6.27. The van der Waals surface area contributed by atoms with Gasteiger partial charge in [0.25, 0.3) is 6.47 Å². The number of hydrogen-bond acceptors (Lipinski definition) is 8. The fraction of sp³-hybridized carbons (Fsp3) is 0.385. The van der Waals surface area contributed by atoms with E-state index in [9.17, 15) is 13.2 Å². The molecule has 1 saturated heterocycles. The summed E-state index contributed by atoms with van der Waals surface area (Å²) < 4.78 is 55.2. The molecule has 0 bridgehead atoms. The van der Waals surface area contributed by atoms with Crippen LogP contribution >= 0.6 is 0 Å². The number of likely N-dealkylation sites (tertiary alicyclic amines) is 1. The van der Waals surface area contributed by atoms with E-state index < -0.39 is 12.2 Å². The Morgan fingerprint density at radius 1 is 1.21 bits per heavy atom. The van der Waals surface area contributed by atoms with Crippen LogP contribution in [0.5, 0.6) is 5.75 Å². The van der Waals surface area contributed by atoms with Gasteiger partial charge in [-0.25, -0.2) is 4.98 Å². The van der Waals surface area contributed by atoms with Crippen LogP contribution in [-0.2, 0) is 9.53 Å². The Labute approximate surface area is 222 Å². The van der Waals surface area contributed by atoms with Gasteiger partial charge < -0.3 is 20.3 Å². The van der Waals surface area contributed by atoms with E-state index in [4.69, 9.17) is 30.1 Å². The highest BCUT2D eigenvalue weighted by molar-refractivity contribution is 5.86. The van der Waals surface area contributed by atoms with Gasteiger partial charge in [0.1, 0.15) is 29.6 Å². The molecule has 4 heterocycles. The van der Waals surface area contributed by atoms with Crippen molar-refractivity contribution in [2.75, 3.05) is 26.8 Å². The highest BCUT2D eigenvalue weighted by Crippen LogP contribution is 2.39. The van der Waals surface area contributed by atoms with Crippen LogP contribution in [0, 0.1) is 0 Å². The van der Waals surface area contributed by atoms with Gasteiger partial charge in [-0.15, -0.1) is 10.2 Å². The number of benzene rings is 1. The maximum Gasteiger partial charge on any atom is 0.408 e. The summed E-state index contributed by atoms with van der Waals surface area (Å²) in [5.41, 5.74) is 7.51. The minimum Gasteiger partial charge on any atom is -0.489 e. The highest BCUT2D eigenvalue weighted by atomic mass is 19.4. The summed E-state index contributed by atoms with van der Waals surface area (Å²) in [6.45, 7) is 2.47. The first kappa shape index (κ1) is 28.2. The monoisotopic (exact) mass is 546 g/mol. The molecular weight excluding hydrogens is 517 g/mol. The third-order valence-corrected chi connectivity index (χ3v) is 6.46. The number of methoxy groups -OCH3 is 1. The van der Waals surface area contributed by atoms with Crippen molar-refractivity contribution in [3.63, 3.8) is 0 Å². The molecule has 0 amide bonds. The molecule has 3 aromatic heterocycles. The summed E-state index contributed by atoms with van der Waals surface area (Å²) in [6.07, 6.45) is -2.59. The maximum atomic E-state index is 14.1. The molecule has 4 aromatic rings. The van der Waals surface area contributed by atoms with Gasteiger partial charge in [-0.1, -0.05) is 24.3 Å². The van der Waals surface area contributed by atoms with Crippen molar-refractivity contribution < 1.29 is 32.5 Å². The number of halogens is 3. The molecule has 2 unspecified atom stereocenters. The normalized spacial score (nSPS) is 17.5. The molecule has 3 atom stereocenters. The summed E-state index contributed by atoms with van der Waals surface area (Å²) in [5, 5.41) is 16.1. The van der Waals surface area contributed by atoms with Gasteiger partial charge in [-0.05, 0) is 37.1 Å².